The quantitative estimate of drug-likeness (QED) is 0.150. The molecule has 3 heteroatoms. The monoisotopic (exact) mass is 594 g/mol. The van der Waals surface area contributed by atoms with Crippen molar-refractivity contribution in [1.29, 1.82) is 0 Å². The first kappa shape index (κ1) is 27.6. The van der Waals surface area contributed by atoms with E-state index >= 15 is 0 Å². The van der Waals surface area contributed by atoms with E-state index in [2.05, 4.69) is 167 Å². The van der Waals surface area contributed by atoms with Gasteiger partial charge >= 0.3 is 7.12 Å². The van der Waals surface area contributed by atoms with Gasteiger partial charge in [0.2, 0.25) is 0 Å². The molecule has 9 rings (SSSR count). The van der Waals surface area contributed by atoms with E-state index < -0.39 is 23.7 Å². The second-order valence-electron chi connectivity index (χ2n) is 13.9. The second kappa shape index (κ2) is 9.66. The lowest BCUT2D eigenvalue weighted by atomic mass is 9.61. The summed E-state index contributed by atoms with van der Waals surface area (Å²) in [5, 5.41) is 7.68. The lowest BCUT2D eigenvalue weighted by Gasteiger charge is -2.36. The molecule has 1 aliphatic heterocycles. The van der Waals surface area contributed by atoms with Gasteiger partial charge in [-0.15, -0.1) is 0 Å². The Kier molecular flexibility index (Phi) is 5.79. The molecular formula is C43H35BO2. The van der Waals surface area contributed by atoms with E-state index in [0.29, 0.717) is 0 Å². The maximum atomic E-state index is 6.76. The summed E-state index contributed by atoms with van der Waals surface area (Å²) < 4.78 is 13.5. The van der Waals surface area contributed by atoms with E-state index in [1.54, 1.807) is 0 Å². The lowest BCUT2D eigenvalue weighted by molar-refractivity contribution is 0.00578. The number of benzene rings is 7. The predicted molar refractivity (Wildman–Crippen MR) is 192 cm³/mol. The summed E-state index contributed by atoms with van der Waals surface area (Å²) in [6.07, 6.45) is 0. The molecule has 2 nitrogen and oxygen atoms in total. The van der Waals surface area contributed by atoms with Gasteiger partial charge in [-0.25, -0.2) is 0 Å². The Morgan fingerprint density at radius 3 is 1.52 bits per heavy atom. The molecule has 1 saturated heterocycles. The number of fused-ring (bicyclic) bond motifs is 9. The van der Waals surface area contributed by atoms with Crippen molar-refractivity contribution in [2.75, 3.05) is 0 Å². The Labute approximate surface area is 270 Å². The zero-order valence-corrected chi connectivity index (χ0v) is 26.7. The van der Waals surface area contributed by atoms with Crippen LogP contribution in [0.2, 0.25) is 0 Å². The first-order valence-electron chi connectivity index (χ1n) is 16.3. The molecule has 0 spiro atoms. The third kappa shape index (κ3) is 3.62. The summed E-state index contributed by atoms with van der Waals surface area (Å²) in [4.78, 5) is 0. The van der Waals surface area contributed by atoms with Gasteiger partial charge in [0.05, 0.1) is 16.6 Å². The Hall–Kier alpha value is -4.70. The van der Waals surface area contributed by atoms with Gasteiger partial charge < -0.3 is 9.31 Å². The molecule has 0 saturated carbocycles. The molecule has 0 radical (unpaired) electrons. The fraction of sp³-hybridized carbons (Fsp3) is 0.163. The molecule has 0 N–H and O–H groups in total. The largest absolute Gasteiger partial charge is 0.495 e. The highest BCUT2D eigenvalue weighted by Gasteiger charge is 2.55. The van der Waals surface area contributed by atoms with Crippen molar-refractivity contribution in [2.45, 2.75) is 44.3 Å². The Balaban J connectivity index is 1.44. The summed E-state index contributed by atoms with van der Waals surface area (Å²) in [7, 11) is -0.497. The summed E-state index contributed by atoms with van der Waals surface area (Å²) in [6, 6.07) is 51.4. The highest BCUT2D eigenvalue weighted by molar-refractivity contribution is 6.62. The Morgan fingerprint density at radius 1 is 0.413 bits per heavy atom. The number of hydrogen-bond acceptors (Lipinski definition) is 2. The molecule has 1 fully saturated rings. The topological polar surface area (TPSA) is 18.5 Å². The number of hydrogen-bond donors (Lipinski definition) is 0. The molecular weight excluding hydrogens is 559 g/mol. The van der Waals surface area contributed by atoms with Crippen LogP contribution in [-0.2, 0) is 14.7 Å². The molecule has 0 bridgehead atoms. The van der Waals surface area contributed by atoms with Gasteiger partial charge in [0.1, 0.15) is 0 Å². The molecule has 1 atom stereocenters. The third-order valence-corrected chi connectivity index (χ3v) is 11.0. The van der Waals surface area contributed by atoms with Crippen molar-refractivity contribution in [2.24, 2.45) is 0 Å². The summed E-state index contributed by atoms with van der Waals surface area (Å²) in [5.74, 6) is 0. The van der Waals surface area contributed by atoms with E-state index in [4.69, 9.17) is 9.31 Å². The van der Waals surface area contributed by atoms with Crippen LogP contribution in [0, 0.1) is 0 Å². The molecule has 7 aromatic rings. The van der Waals surface area contributed by atoms with Crippen LogP contribution in [0.4, 0.5) is 0 Å². The van der Waals surface area contributed by atoms with Crippen molar-refractivity contribution >= 4 is 44.9 Å². The fourth-order valence-corrected chi connectivity index (χ4v) is 8.13. The molecule has 2 aliphatic rings. The van der Waals surface area contributed by atoms with Crippen molar-refractivity contribution in [3.63, 3.8) is 0 Å². The van der Waals surface area contributed by atoms with Crippen molar-refractivity contribution in [1.82, 2.24) is 0 Å². The average Bonchev–Trinajstić information content (AvgIpc) is 3.50. The summed E-state index contributed by atoms with van der Waals surface area (Å²) in [6.45, 7) is 8.52. The van der Waals surface area contributed by atoms with Crippen LogP contribution in [0.15, 0.2) is 140 Å². The van der Waals surface area contributed by atoms with Gasteiger partial charge in [-0.1, -0.05) is 127 Å². The zero-order chi connectivity index (χ0) is 31.3. The first-order chi connectivity index (χ1) is 22.3. The van der Waals surface area contributed by atoms with E-state index in [0.717, 1.165) is 5.46 Å². The SMILES string of the molecule is CC1(C)OB(c2ccccc2C2(c3ccccc3)c3ccccc3-c3cc4c5ccccc5c5ccccc5c4cc32)OC1(C)C. The molecule has 7 aromatic carbocycles. The molecule has 46 heavy (non-hydrogen) atoms. The van der Waals surface area contributed by atoms with Crippen molar-refractivity contribution in [3.05, 3.63) is 162 Å². The van der Waals surface area contributed by atoms with E-state index in [1.165, 1.54) is 65.7 Å². The maximum Gasteiger partial charge on any atom is 0.495 e. The smallest absolute Gasteiger partial charge is 0.399 e. The highest BCUT2D eigenvalue weighted by Crippen LogP contribution is 2.57. The van der Waals surface area contributed by atoms with Crippen LogP contribution in [0.25, 0.3) is 43.4 Å². The van der Waals surface area contributed by atoms with Gasteiger partial charge in [0, 0.05) is 0 Å². The van der Waals surface area contributed by atoms with Crippen LogP contribution in [-0.4, -0.2) is 18.3 Å². The van der Waals surface area contributed by atoms with Crippen LogP contribution in [0.3, 0.4) is 0 Å². The lowest BCUT2D eigenvalue weighted by Crippen LogP contribution is -2.43. The summed E-state index contributed by atoms with van der Waals surface area (Å²) >= 11 is 0. The van der Waals surface area contributed by atoms with E-state index in [9.17, 15) is 0 Å². The van der Waals surface area contributed by atoms with Crippen LogP contribution in [0.5, 0.6) is 0 Å². The van der Waals surface area contributed by atoms with Gasteiger partial charge in [0.25, 0.3) is 0 Å². The minimum absolute atomic E-state index is 0.452. The minimum Gasteiger partial charge on any atom is -0.399 e. The third-order valence-electron chi connectivity index (χ3n) is 11.0. The number of rotatable bonds is 3. The van der Waals surface area contributed by atoms with Gasteiger partial charge in [-0.05, 0) is 111 Å². The average molecular weight is 595 g/mol. The normalized spacial score (nSPS) is 19.5. The molecule has 1 unspecified atom stereocenters. The zero-order valence-electron chi connectivity index (χ0n) is 26.7. The van der Waals surface area contributed by atoms with Crippen LogP contribution in [0.1, 0.15) is 49.9 Å². The summed E-state index contributed by atoms with van der Waals surface area (Å²) in [5.41, 5.74) is 7.11. The second-order valence-corrected chi connectivity index (χ2v) is 13.9. The molecule has 222 valence electrons. The molecule has 0 aromatic heterocycles. The van der Waals surface area contributed by atoms with Crippen molar-refractivity contribution in [3.8, 4) is 11.1 Å². The predicted octanol–water partition coefficient (Wildman–Crippen LogP) is 9.81. The Morgan fingerprint density at radius 2 is 0.891 bits per heavy atom. The molecule has 0 amide bonds. The van der Waals surface area contributed by atoms with Gasteiger partial charge in [-0.3, -0.25) is 0 Å². The standard InChI is InChI=1S/C43H35BO2/c1-41(2)42(3,4)46-44(45-41)40-25-15-14-24-38(40)43(28-16-6-5-7-17-28)37-23-13-12-22-33(37)36-26-34-31-20-10-8-18-29(31)30-19-9-11-21-32(30)35(34)27-39(36)43/h5-27H,1-4H3. The maximum absolute atomic E-state index is 6.76. The van der Waals surface area contributed by atoms with E-state index in [1.807, 2.05) is 0 Å². The fourth-order valence-electron chi connectivity index (χ4n) is 8.13. The Bertz CT molecular complexity index is 2320. The van der Waals surface area contributed by atoms with Gasteiger partial charge in [-0.2, -0.15) is 0 Å². The van der Waals surface area contributed by atoms with Crippen LogP contribution >= 0.6 is 0 Å². The molecule has 1 heterocycles. The first-order valence-corrected chi connectivity index (χ1v) is 16.3. The molecule has 1 aliphatic carbocycles. The van der Waals surface area contributed by atoms with Crippen molar-refractivity contribution < 1.29 is 9.31 Å². The highest BCUT2D eigenvalue weighted by atomic mass is 16.7. The minimum atomic E-state index is -0.589. The van der Waals surface area contributed by atoms with Crippen LogP contribution < -0.4 is 5.46 Å². The van der Waals surface area contributed by atoms with E-state index in [-0.39, 0.29) is 0 Å². The van der Waals surface area contributed by atoms with Gasteiger partial charge in [0.15, 0.2) is 0 Å².